The van der Waals surface area contributed by atoms with E-state index in [1.54, 1.807) is 0 Å². The van der Waals surface area contributed by atoms with Crippen molar-refractivity contribution in [3.8, 4) is 0 Å². The number of primary amides is 1. The molecule has 0 unspecified atom stereocenters. The van der Waals surface area contributed by atoms with Gasteiger partial charge in [0, 0.05) is 30.9 Å². The van der Waals surface area contributed by atoms with Crippen LogP contribution in [0, 0.1) is 29.1 Å². The lowest BCUT2D eigenvalue weighted by Gasteiger charge is -2.34. The third-order valence-corrected chi connectivity index (χ3v) is 7.54. The minimum atomic E-state index is -3.16. The molecule has 0 aromatic heterocycles. The molecular weight excluding hydrogens is 455 g/mol. The Morgan fingerprint density at radius 1 is 0.781 bits per heavy atom. The molecule has 0 saturated carbocycles. The number of rotatable bonds is 12. The van der Waals surface area contributed by atoms with Crippen LogP contribution in [-0.4, -0.2) is 39.7 Å². The highest BCUT2D eigenvalue weighted by molar-refractivity contribution is 6.60. The van der Waals surface area contributed by atoms with Crippen molar-refractivity contribution in [1.82, 2.24) is 0 Å². The Balaban J connectivity index is 3.06. The molecule has 0 aliphatic carbocycles. The largest absolute Gasteiger partial charge is 0.501 e. The molecule has 1 rings (SSSR count). The van der Waals surface area contributed by atoms with Gasteiger partial charge in [0.1, 0.15) is 5.69 Å². The lowest BCUT2D eigenvalue weighted by Crippen LogP contribution is -2.50. The Morgan fingerprint density at radius 3 is 1.50 bits per heavy atom. The predicted octanol–water partition coefficient (Wildman–Crippen LogP) is 5.26. The first kappa shape index (κ1) is 28.3. The molecule has 12 heteroatoms. The van der Waals surface area contributed by atoms with Crippen LogP contribution in [0.4, 0.5) is 32.4 Å². The second-order valence-corrected chi connectivity index (χ2v) is 10.6. The quantitative estimate of drug-likeness (QED) is 0.144. The number of carbonyl (C=O) groups is 1. The van der Waals surface area contributed by atoms with Gasteiger partial charge in [0.2, 0.25) is 5.82 Å². The van der Waals surface area contributed by atoms with Crippen LogP contribution in [0.2, 0.25) is 6.04 Å². The zero-order valence-corrected chi connectivity index (χ0v) is 20.1. The molecule has 2 N–H and O–H groups in total. The van der Waals surface area contributed by atoms with E-state index in [4.69, 9.17) is 19.0 Å². The van der Waals surface area contributed by atoms with Gasteiger partial charge >= 0.3 is 14.8 Å². The Labute approximate surface area is 186 Å². The van der Waals surface area contributed by atoms with E-state index in [9.17, 15) is 26.7 Å². The van der Waals surface area contributed by atoms with Crippen LogP contribution in [0.15, 0.2) is 0 Å². The van der Waals surface area contributed by atoms with Gasteiger partial charge in [-0.05, 0) is 54.4 Å². The third kappa shape index (κ3) is 7.39. The summed E-state index contributed by atoms with van der Waals surface area (Å²) in [5.41, 5.74) is 3.78. The maximum atomic E-state index is 14.1. The number of anilines is 1. The minimum Gasteiger partial charge on any atom is -0.371 e. The normalized spacial score (nSPS) is 12.3. The fraction of sp³-hybridized carbons (Fsp3) is 0.650. The Kier molecular flexibility index (Phi) is 10.5. The molecule has 6 nitrogen and oxygen atoms in total. The average Bonchev–Trinajstić information content (AvgIpc) is 2.64. The van der Waals surface area contributed by atoms with Gasteiger partial charge in [0.25, 0.3) is 0 Å². The number of carbonyl (C=O) groups excluding carboxylic acids is 1. The van der Waals surface area contributed by atoms with Gasteiger partial charge < -0.3 is 19.0 Å². The number of unbranched alkanes of at least 4 members (excludes halogenated alkanes) is 1. The predicted molar refractivity (Wildman–Crippen MR) is 112 cm³/mol. The fourth-order valence-corrected chi connectivity index (χ4v) is 6.47. The molecule has 0 saturated heterocycles. The number of urea groups is 1. The van der Waals surface area contributed by atoms with Crippen LogP contribution in [0.3, 0.4) is 0 Å². The molecule has 0 atom stereocenters. The Bertz CT molecular complexity index is 740. The van der Waals surface area contributed by atoms with Gasteiger partial charge in [-0.2, -0.15) is 0 Å². The lowest BCUT2D eigenvalue weighted by molar-refractivity contribution is 0.00283. The third-order valence-electron chi connectivity index (χ3n) is 4.08. The number of hydrogen-bond donors (Lipinski definition) is 1. The van der Waals surface area contributed by atoms with Crippen LogP contribution in [0.5, 0.6) is 0 Å². The monoisotopic (exact) mass is 486 g/mol. The molecule has 0 fully saturated rings. The zero-order chi connectivity index (χ0) is 24.8. The first-order chi connectivity index (χ1) is 14.7. The van der Waals surface area contributed by atoms with Gasteiger partial charge in [0.05, 0.1) is 0 Å². The molecule has 2 amide bonds. The number of nitrogens with zero attached hydrogens (tertiary/aromatic N) is 1. The van der Waals surface area contributed by atoms with E-state index >= 15 is 0 Å². The minimum absolute atomic E-state index is 0.113. The summed E-state index contributed by atoms with van der Waals surface area (Å²) < 4.78 is 86.7. The number of amides is 2. The molecular formula is C20H31F5N2O4Si. The topological polar surface area (TPSA) is 74.0 Å². The van der Waals surface area contributed by atoms with E-state index in [1.807, 2.05) is 41.5 Å². The van der Waals surface area contributed by atoms with Crippen LogP contribution in [-0.2, 0) is 13.3 Å². The molecule has 1 aromatic carbocycles. The lowest BCUT2D eigenvalue weighted by atomic mass is 10.2. The summed E-state index contributed by atoms with van der Waals surface area (Å²) in [4.78, 5) is 12.1. The van der Waals surface area contributed by atoms with Crippen molar-refractivity contribution >= 4 is 20.5 Å². The van der Waals surface area contributed by atoms with Crippen molar-refractivity contribution in [2.75, 3.05) is 11.4 Å². The molecule has 0 bridgehead atoms. The number of nitrogens with two attached hydrogens (primary N) is 1. The van der Waals surface area contributed by atoms with E-state index in [0.29, 0.717) is 17.4 Å². The molecule has 184 valence electrons. The van der Waals surface area contributed by atoms with Gasteiger partial charge in [-0.15, -0.1) is 0 Å². The summed E-state index contributed by atoms with van der Waals surface area (Å²) in [6, 6.07) is -1.04. The van der Waals surface area contributed by atoms with Crippen LogP contribution < -0.4 is 10.6 Å². The highest BCUT2D eigenvalue weighted by Gasteiger charge is 2.43. The van der Waals surface area contributed by atoms with E-state index in [-0.39, 0.29) is 31.3 Å². The first-order valence-electron chi connectivity index (χ1n) is 10.3. The number of halogens is 5. The van der Waals surface area contributed by atoms with Crippen molar-refractivity contribution in [1.29, 1.82) is 0 Å². The van der Waals surface area contributed by atoms with Gasteiger partial charge in [-0.1, -0.05) is 0 Å². The molecule has 0 spiro atoms. The van der Waals surface area contributed by atoms with Gasteiger partial charge in [-0.3, -0.25) is 4.90 Å². The van der Waals surface area contributed by atoms with Gasteiger partial charge in [-0.25, -0.2) is 26.7 Å². The van der Waals surface area contributed by atoms with Crippen LogP contribution in [0.25, 0.3) is 0 Å². The van der Waals surface area contributed by atoms with Gasteiger partial charge in [0.15, 0.2) is 23.3 Å². The number of hydrogen-bond acceptors (Lipinski definition) is 4. The van der Waals surface area contributed by atoms with E-state index < -0.39 is 49.6 Å². The first-order valence-corrected chi connectivity index (χ1v) is 12.3. The summed E-state index contributed by atoms with van der Waals surface area (Å²) in [5, 5.41) is 0. The van der Waals surface area contributed by atoms with E-state index in [1.165, 1.54) is 0 Å². The second-order valence-electron chi connectivity index (χ2n) is 8.05. The Hall–Kier alpha value is -1.76. The fourth-order valence-electron chi connectivity index (χ4n) is 3.11. The van der Waals surface area contributed by atoms with Crippen molar-refractivity contribution in [3.63, 3.8) is 0 Å². The summed E-state index contributed by atoms with van der Waals surface area (Å²) in [5.74, 6) is -10.9. The highest BCUT2D eigenvalue weighted by Crippen LogP contribution is 2.31. The molecule has 0 aliphatic heterocycles. The molecule has 1 aromatic rings. The van der Waals surface area contributed by atoms with Crippen molar-refractivity contribution in [2.45, 2.75) is 78.7 Å². The maximum Gasteiger partial charge on any atom is 0.501 e. The molecule has 0 heterocycles. The van der Waals surface area contributed by atoms with E-state index in [0.717, 1.165) is 0 Å². The van der Waals surface area contributed by atoms with E-state index in [2.05, 4.69) is 0 Å². The average molecular weight is 487 g/mol. The molecule has 0 aliphatic rings. The van der Waals surface area contributed by atoms with Crippen molar-refractivity contribution < 1.29 is 40.0 Å². The zero-order valence-electron chi connectivity index (χ0n) is 19.1. The summed E-state index contributed by atoms with van der Waals surface area (Å²) in [6.45, 7) is 10.6. The summed E-state index contributed by atoms with van der Waals surface area (Å²) in [6.07, 6.45) is -0.169. The number of benzene rings is 1. The van der Waals surface area contributed by atoms with Crippen molar-refractivity contribution in [3.05, 3.63) is 29.1 Å². The van der Waals surface area contributed by atoms with Crippen LogP contribution >= 0.6 is 0 Å². The highest BCUT2D eigenvalue weighted by atomic mass is 28.4. The molecule has 0 radical (unpaired) electrons. The van der Waals surface area contributed by atoms with Crippen molar-refractivity contribution in [2.24, 2.45) is 5.73 Å². The summed E-state index contributed by atoms with van der Waals surface area (Å²) >= 11 is 0. The standard InChI is InChI=1S/C20H31F5N2O4Si/c1-11(2)29-32(30-12(3)4,31-13(5)6)10-8-7-9-27(20(26)28)19-17(24)15(22)14(21)16(23)18(19)25/h11-13H,7-10H2,1-6H3,(H2,26,28). The molecule has 32 heavy (non-hydrogen) atoms. The smallest absolute Gasteiger partial charge is 0.371 e. The summed E-state index contributed by atoms with van der Waals surface area (Å²) in [7, 11) is -3.16. The maximum absolute atomic E-state index is 14.1. The Morgan fingerprint density at radius 2 is 1.16 bits per heavy atom. The SMILES string of the molecule is CC(C)O[Si](CCCCN(C(N)=O)c1c(F)c(F)c(F)c(F)c1F)(OC(C)C)OC(C)C. The second kappa shape index (κ2) is 11.9. The van der Waals surface area contributed by atoms with Crippen LogP contribution in [0.1, 0.15) is 54.4 Å².